The Morgan fingerprint density at radius 2 is 2.00 bits per heavy atom. The smallest absolute Gasteiger partial charge is 0.356 e. The minimum absolute atomic E-state index is 0.0919. The maximum Gasteiger partial charge on any atom is 0.356 e. The minimum atomic E-state index is -0.500. The molecule has 0 unspecified atom stereocenters. The number of benzene rings is 1. The van der Waals surface area contributed by atoms with Gasteiger partial charge < -0.3 is 14.6 Å². The van der Waals surface area contributed by atoms with Gasteiger partial charge in [0.2, 0.25) is 5.91 Å². The lowest BCUT2D eigenvalue weighted by molar-refractivity contribution is -0.116. The summed E-state index contributed by atoms with van der Waals surface area (Å²) in [4.78, 5) is 29.2. The Kier molecular flexibility index (Phi) is 6.83. The molecule has 0 aliphatic heterocycles. The zero-order valence-electron chi connectivity index (χ0n) is 15.2. The number of nitrogens with zero attached hydrogens (tertiary/aromatic N) is 2. The van der Waals surface area contributed by atoms with Crippen molar-refractivity contribution in [1.82, 2.24) is 9.55 Å². The molecule has 2 rings (SSSR count). The third-order valence-electron chi connectivity index (χ3n) is 3.79. The minimum Gasteiger partial charge on any atom is -0.461 e. The predicted octanol–water partition coefficient (Wildman–Crippen LogP) is 4.29. The van der Waals surface area contributed by atoms with Crippen molar-refractivity contribution in [3.05, 3.63) is 44.4 Å². The number of halogens is 2. The van der Waals surface area contributed by atoms with Crippen LogP contribution in [0.3, 0.4) is 0 Å². The monoisotopic (exact) mass is 441 g/mol. The first-order valence-corrected chi connectivity index (χ1v) is 9.44. The normalized spacial score (nSPS) is 10.7. The van der Waals surface area contributed by atoms with Crippen molar-refractivity contribution < 1.29 is 14.3 Å². The molecular weight excluding hydrogens is 422 g/mol. The average Bonchev–Trinajstić information content (AvgIpc) is 2.87. The Labute approximate surface area is 166 Å². The number of anilines is 1. The third kappa shape index (κ3) is 4.45. The average molecular weight is 443 g/mol. The number of aryl methyl sites for hydroxylation is 3. The van der Waals surface area contributed by atoms with E-state index >= 15 is 0 Å². The second kappa shape index (κ2) is 8.68. The van der Waals surface area contributed by atoms with Crippen molar-refractivity contribution in [3.63, 3.8) is 0 Å². The molecular formula is C18H21BrClN3O3. The lowest BCUT2D eigenvalue weighted by Crippen LogP contribution is -2.23. The van der Waals surface area contributed by atoms with Gasteiger partial charge in [-0.05, 0) is 60.3 Å². The fourth-order valence-electron chi connectivity index (χ4n) is 2.69. The molecule has 1 aromatic carbocycles. The molecule has 0 spiro atoms. The van der Waals surface area contributed by atoms with Crippen LogP contribution in [0.5, 0.6) is 0 Å². The van der Waals surface area contributed by atoms with Gasteiger partial charge in [0, 0.05) is 0 Å². The van der Waals surface area contributed by atoms with E-state index in [0.29, 0.717) is 27.6 Å². The largest absolute Gasteiger partial charge is 0.461 e. The topological polar surface area (TPSA) is 73.2 Å². The number of hydrogen-bond acceptors (Lipinski definition) is 4. The molecule has 0 saturated heterocycles. The van der Waals surface area contributed by atoms with Gasteiger partial charge in [-0.1, -0.05) is 24.6 Å². The summed E-state index contributed by atoms with van der Waals surface area (Å²) >= 11 is 9.56. The molecule has 8 heteroatoms. The highest BCUT2D eigenvalue weighted by atomic mass is 79.9. The van der Waals surface area contributed by atoms with Gasteiger partial charge in [0.1, 0.15) is 6.54 Å². The number of aromatic nitrogens is 2. The molecule has 0 atom stereocenters. The maximum atomic E-state index is 12.6. The van der Waals surface area contributed by atoms with Crippen LogP contribution in [0.15, 0.2) is 16.9 Å². The van der Waals surface area contributed by atoms with Crippen molar-refractivity contribution in [2.45, 2.75) is 40.7 Å². The fourth-order valence-corrected chi connectivity index (χ4v) is 3.57. The van der Waals surface area contributed by atoms with Crippen LogP contribution < -0.4 is 5.32 Å². The molecule has 0 saturated carbocycles. The predicted molar refractivity (Wildman–Crippen MR) is 105 cm³/mol. The molecule has 0 radical (unpaired) electrons. The van der Waals surface area contributed by atoms with Gasteiger partial charge in [-0.2, -0.15) is 0 Å². The summed E-state index contributed by atoms with van der Waals surface area (Å²) in [7, 11) is 0. The molecule has 26 heavy (non-hydrogen) atoms. The van der Waals surface area contributed by atoms with Crippen LogP contribution in [0.1, 0.15) is 41.2 Å². The molecule has 6 nitrogen and oxygen atoms in total. The van der Waals surface area contributed by atoms with Crippen LogP contribution in [0.2, 0.25) is 5.02 Å². The molecule has 0 aliphatic rings. The summed E-state index contributed by atoms with van der Waals surface area (Å²) in [5.41, 5.74) is 3.30. The Hall–Kier alpha value is -1.86. The zero-order valence-corrected chi connectivity index (χ0v) is 17.5. The molecule has 1 aromatic heterocycles. The van der Waals surface area contributed by atoms with Gasteiger partial charge in [-0.25, -0.2) is 9.78 Å². The van der Waals surface area contributed by atoms with Gasteiger partial charge >= 0.3 is 5.97 Å². The van der Waals surface area contributed by atoms with Gasteiger partial charge in [0.15, 0.2) is 10.4 Å². The van der Waals surface area contributed by atoms with Gasteiger partial charge in [-0.3, -0.25) is 4.79 Å². The summed E-state index contributed by atoms with van der Waals surface area (Å²) in [6, 6.07) is 3.73. The zero-order chi connectivity index (χ0) is 19.4. The molecule has 1 N–H and O–H groups in total. The molecule has 0 aliphatic carbocycles. The van der Waals surface area contributed by atoms with E-state index in [9.17, 15) is 9.59 Å². The second-order valence-electron chi connectivity index (χ2n) is 5.82. The molecule has 1 heterocycles. The Morgan fingerprint density at radius 1 is 1.31 bits per heavy atom. The van der Waals surface area contributed by atoms with Gasteiger partial charge in [0.05, 0.1) is 23.0 Å². The van der Waals surface area contributed by atoms with Crippen LogP contribution in [0, 0.1) is 13.8 Å². The number of rotatable bonds is 6. The van der Waals surface area contributed by atoms with E-state index in [4.69, 9.17) is 16.3 Å². The highest BCUT2D eigenvalue weighted by Crippen LogP contribution is 2.27. The summed E-state index contributed by atoms with van der Waals surface area (Å²) in [6.07, 6.45) is 0.546. The second-order valence-corrected chi connectivity index (χ2v) is 6.94. The number of esters is 1. The first-order chi connectivity index (χ1) is 12.3. The van der Waals surface area contributed by atoms with E-state index in [0.717, 1.165) is 11.1 Å². The van der Waals surface area contributed by atoms with Crippen molar-refractivity contribution in [2.75, 3.05) is 11.9 Å². The van der Waals surface area contributed by atoms with Gasteiger partial charge in [-0.15, -0.1) is 0 Å². The maximum absolute atomic E-state index is 12.6. The standard InChI is InChI=1S/C18H21BrClN3O3/c1-5-13-16(17(25)26-6-2)23(18(19)21-13)9-14(24)22-15-11(4)7-10(3)8-12(15)20/h7-8H,5-6,9H2,1-4H3,(H,22,24). The summed E-state index contributed by atoms with van der Waals surface area (Å²) in [5, 5.41) is 3.29. The van der Waals surface area contributed by atoms with E-state index < -0.39 is 5.97 Å². The highest BCUT2D eigenvalue weighted by molar-refractivity contribution is 9.10. The highest BCUT2D eigenvalue weighted by Gasteiger charge is 2.24. The lowest BCUT2D eigenvalue weighted by atomic mass is 10.1. The number of carbonyl (C=O) groups is 2. The first-order valence-electron chi connectivity index (χ1n) is 8.27. The first kappa shape index (κ1) is 20.5. The quantitative estimate of drug-likeness (QED) is 0.677. The lowest BCUT2D eigenvalue weighted by Gasteiger charge is -2.13. The summed E-state index contributed by atoms with van der Waals surface area (Å²) in [6.45, 7) is 7.58. The fraction of sp³-hybridized carbons (Fsp3) is 0.389. The van der Waals surface area contributed by atoms with E-state index in [1.807, 2.05) is 26.8 Å². The van der Waals surface area contributed by atoms with E-state index in [1.165, 1.54) is 4.57 Å². The number of nitrogens with one attached hydrogen (secondary N) is 1. The Bertz CT molecular complexity index is 825. The molecule has 0 bridgehead atoms. The van der Waals surface area contributed by atoms with E-state index in [2.05, 4.69) is 26.2 Å². The number of amides is 1. The number of ether oxygens (including phenoxy) is 1. The number of carbonyl (C=O) groups excluding carboxylic acids is 2. The Morgan fingerprint density at radius 3 is 2.58 bits per heavy atom. The molecule has 1 amide bonds. The molecule has 0 fully saturated rings. The van der Waals surface area contributed by atoms with Crippen molar-refractivity contribution in [3.8, 4) is 0 Å². The van der Waals surface area contributed by atoms with Crippen LogP contribution in [0.4, 0.5) is 5.69 Å². The van der Waals surface area contributed by atoms with Crippen LogP contribution in [-0.2, 0) is 22.5 Å². The number of imidazole rings is 1. The summed E-state index contributed by atoms with van der Waals surface area (Å²) in [5.74, 6) is -0.815. The third-order valence-corrected chi connectivity index (χ3v) is 4.70. The summed E-state index contributed by atoms with van der Waals surface area (Å²) < 4.78 is 7.01. The van der Waals surface area contributed by atoms with Gasteiger partial charge in [0.25, 0.3) is 0 Å². The molecule has 2 aromatic rings. The van der Waals surface area contributed by atoms with Crippen LogP contribution in [0.25, 0.3) is 0 Å². The molecule has 140 valence electrons. The number of hydrogen-bond donors (Lipinski definition) is 1. The van der Waals surface area contributed by atoms with E-state index in [-0.39, 0.29) is 24.8 Å². The van der Waals surface area contributed by atoms with Crippen molar-refractivity contribution >= 4 is 45.1 Å². The SMILES string of the molecule is CCOC(=O)c1c(CC)nc(Br)n1CC(=O)Nc1c(C)cc(C)cc1Cl. The van der Waals surface area contributed by atoms with Crippen molar-refractivity contribution in [2.24, 2.45) is 0 Å². The van der Waals surface area contributed by atoms with E-state index in [1.54, 1.807) is 13.0 Å². The van der Waals surface area contributed by atoms with Crippen LogP contribution >= 0.6 is 27.5 Å². The van der Waals surface area contributed by atoms with Crippen molar-refractivity contribution in [1.29, 1.82) is 0 Å². The Balaban J connectivity index is 2.30. The van der Waals surface area contributed by atoms with Crippen LogP contribution in [-0.4, -0.2) is 28.0 Å².